The zero-order valence-electron chi connectivity index (χ0n) is 20.0. The Morgan fingerprint density at radius 1 is 1.03 bits per heavy atom. The van der Waals surface area contributed by atoms with Gasteiger partial charge in [-0.2, -0.15) is 5.10 Å². The summed E-state index contributed by atoms with van der Waals surface area (Å²) < 4.78 is 54.1. The summed E-state index contributed by atoms with van der Waals surface area (Å²) in [6.07, 6.45) is 4.67. The number of halogens is 3. The van der Waals surface area contributed by atoms with Crippen molar-refractivity contribution in [3.05, 3.63) is 89.0 Å². The largest absolute Gasteiger partial charge is 0.480 e. The Labute approximate surface area is 210 Å². The smallest absolute Gasteiger partial charge is 0.340 e. The average molecular weight is 509 g/mol. The molecule has 0 amide bonds. The minimum atomic E-state index is -0.828. The van der Waals surface area contributed by atoms with Gasteiger partial charge in [-0.3, -0.25) is 0 Å². The summed E-state index contributed by atoms with van der Waals surface area (Å²) in [6, 6.07) is 8.61. The number of aliphatic imine (C=N–C) groups is 1. The van der Waals surface area contributed by atoms with Crippen LogP contribution in [-0.4, -0.2) is 47.2 Å². The molecule has 2 aromatic heterocycles. The van der Waals surface area contributed by atoms with Crippen LogP contribution in [0.15, 0.2) is 59.9 Å². The van der Waals surface area contributed by atoms with Crippen molar-refractivity contribution in [3.63, 3.8) is 0 Å². The molecule has 5 rings (SSSR count). The Bertz CT molecular complexity index is 1520. The summed E-state index contributed by atoms with van der Waals surface area (Å²) in [5.74, 6) is -1.83. The van der Waals surface area contributed by atoms with E-state index < -0.39 is 23.4 Å². The van der Waals surface area contributed by atoms with Gasteiger partial charge in [0.25, 0.3) is 0 Å². The van der Waals surface area contributed by atoms with E-state index in [1.165, 1.54) is 36.0 Å². The molecule has 1 aliphatic rings. The van der Waals surface area contributed by atoms with Gasteiger partial charge in [-0.1, -0.05) is 0 Å². The van der Waals surface area contributed by atoms with Gasteiger partial charge in [0.15, 0.2) is 5.65 Å². The average Bonchev–Trinajstić information content (AvgIpc) is 3.56. The highest BCUT2D eigenvalue weighted by molar-refractivity contribution is 6.01. The van der Waals surface area contributed by atoms with Gasteiger partial charge in [-0.05, 0) is 55.3 Å². The van der Waals surface area contributed by atoms with Gasteiger partial charge < -0.3 is 14.4 Å². The maximum absolute atomic E-state index is 14.6. The van der Waals surface area contributed by atoms with E-state index in [4.69, 9.17) is 9.72 Å². The monoisotopic (exact) mass is 509 g/mol. The summed E-state index contributed by atoms with van der Waals surface area (Å²) in [6.45, 7) is 0.615. The van der Waals surface area contributed by atoms with Crippen LogP contribution in [0.3, 0.4) is 0 Å². The number of hydrogen-bond acceptors (Lipinski definition) is 7. The third-order valence-corrected chi connectivity index (χ3v) is 6.23. The van der Waals surface area contributed by atoms with E-state index in [1.54, 1.807) is 12.3 Å². The van der Waals surface area contributed by atoms with Crippen molar-refractivity contribution in [2.75, 3.05) is 25.7 Å². The van der Waals surface area contributed by atoms with Crippen LogP contribution in [0.4, 0.5) is 24.7 Å². The normalized spacial score (nSPS) is 15.9. The van der Waals surface area contributed by atoms with Crippen molar-refractivity contribution in [2.45, 2.75) is 18.9 Å². The molecule has 1 saturated heterocycles. The summed E-state index contributed by atoms with van der Waals surface area (Å²) in [5, 5.41) is 4.30. The lowest BCUT2D eigenvalue weighted by molar-refractivity contribution is 0.0595. The molecule has 1 fully saturated rings. The zero-order chi connectivity index (χ0) is 26.1. The van der Waals surface area contributed by atoms with Crippen LogP contribution in [0.25, 0.3) is 5.65 Å². The van der Waals surface area contributed by atoms with E-state index in [2.05, 4.69) is 14.8 Å². The maximum atomic E-state index is 14.6. The summed E-state index contributed by atoms with van der Waals surface area (Å²) in [4.78, 5) is 23.0. The first-order valence-electron chi connectivity index (χ1n) is 11.5. The minimum Gasteiger partial charge on any atom is -0.480 e. The second kappa shape index (κ2) is 9.92. The molecule has 8 nitrogen and oxygen atoms in total. The van der Waals surface area contributed by atoms with Crippen LogP contribution in [0, 0.1) is 17.5 Å². The van der Waals surface area contributed by atoms with E-state index in [0.29, 0.717) is 30.0 Å². The zero-order valence-corrected chi connectivity index (χ0v) is 20.0. The lowest BCUT2D eigenvalue weighted by Gasteiger charge is -2.26. The number of carbonyl (C=O) groups excluding carboxylic acids is 1. The second-order valence-corrected chi connectivity index (χ2v) is 8.41. The van der Waals surface area contributed by atoms with Crippen LogP contribution in [-0.2, 0) is 9.47 Å². The molecule has 1 atom stereocenters. The number of ether oxygens (including phenoxy) is 2. The molecular formula is C26H22F3N5O3. The fourth-order valence-corrected chi connectivity index (χ4v) is 4.49. The van der Waals surface area contributed by atoms with Crippen molar-refractivity contribution in [3.8, 4) is 0 Å². The fourth-order valence-electron chi connectivity index (χ4n) is 4.49. The molecule has 0 bridgehead atoms. The first-order chi connectivity index (χ1) is 17.9. The number of nitrogens with zero attached hydrogens (tertiary/aromatic N) is 5. The lowest BCUT2D eigenvalue weighted by Crippen LogP contribution is -2.24. The van der Waals surface area contributed by atoms with E-state index in [9.17, 15) is 18.0 Å². The van der Waals surface area contributed by atoms with Gasteiger partial charge in [-0.25, -0.2) is 32.5 Å². The van der Waals surface area contributed by atoms with Crippen molar-refractivity contribution < 1.29 is 27.4 Å². The molecule has 0 aliphatic carbocycles. The summed E-state index contributed by atoms with van der Waals surface area (Å²) in [5.41, 5.74) is 1.14. The van der Waals surface area contributed by atoms with Gasteiger partial charge in [0.1, 0.15) is 28.8 Å². The molecule has 190 valence electrons. The number of methoxy groups -OCH3 is 2. The molecular weight excluding hydrogens is 487 g/mol. The third-order valence-electron chi connectivity index (χ3n) is 6.23. The SMILES string of the molecule is COC(=O)c1cc(/N=C(\OC)c2cnn3ccc(N4CCCC4c4cc(F)ccc4F)nc23)ccc1F. The van der Waals surface area contributed by atoms with E-state index in [0.717, 1.165) is 31.7 Å². The van der Waals surface area contributed by atoms with Crippen molar-refractivity contribution in [2.24, 2.45) is 4.99 Å². The number of anilines is 1. The van der Waals surface area contributed by atoms with Gasteiger partial charge in [0.05, 0.1) is 37.7 Å². The molecule has 3 heterocycles. The number of rotatable bonds is 5. The molecule has 37 heavy (non-hydrogen) atoms. The van der Waals surface area contributed by atoms with Crippen LogP contribution in [0.2, 0.25) is 0 Å². The molecule has 11 heteroatoms. The second-order valence-electron chi connectivity index (χ2n) is 8.41. The maximum Gasteiger partial charge on any atom is 0.340 e. The summed E-state index contributed by atoms with van der Waals surface area (Å²) in [7, 11) is 2.58. The molecule has 2 aromatic carbocycles. The Hall–Kier alpha value is -4.41. The fraction of sp³-hybridized carbons (Fsp3) is 0.231. The first-order valence-corrected chi connectivity index (χ1v) is 11.5. The molecule has 0 saturated carbocycles. The van der Waals surface area contributed by atoms with Gasteiger partial charge in [0.2, 0.25) is 5.90 Å². The Balaban J connectivity index is 1.53. The Morgan fingerprint density at radius 3 is 2.62 bits per heavy atom. The third kappa shape index (κ3) is 4.59. The standard InChI is InChI=1S/C26H22F3N5O3/c1-36-25(31-16-6-8-21(29)18(13-16)26(35)37-2)19-14-30-34-11-9-23(32-24(19)34)33-10-3-4-22(33)17-12-15(27)5-7-20(17)28/h5-9,11-14,22H,3-4,10H2,1-2H3/b31-25-. The van der Waals surface area contributed by atoms with Gasteiger partial charge >= 0.3 is 5.97 Å². The number of carbonyl (C=O) groups is 1. The molecule has 0 spiro atoms. The van der Waals surface area contributed by atoms with Gasteiger partial charge in [0, 0.05) is 18.3 Å². The molecule has 4 aromatic rings. The van der Waals surface area contributed by atoms with Crippen molar-refractivity contribution >= 4 is 29.0 Å². The number of fused-ring (bicyclic) bond motifs is 1. The quantitative estimate of drug-likeness (QED) is 0.214. The topological polar surface area (TPSA) is 81.3 Å². The minimum absolute atomic E-state index is 0.135. The summed E-state index contributed by atoms with van der Waals surface area (Å²) >= 11 is 0. The van der Waals surface area contributed by atoms with E-state index in [1.807, 2.05) is 4.90 Å². The first kappa shape index (κ1) is 24.3. The Kier molecular flexibility index (Phi) is 6.51. The molecule has 0 N–H and O–H groups in total. The predicted octanol–water partition coefficient (Wildman–Crippen LogP) is 5.00. The van der Waals surface area contributed by atoms with Gasteiger partial charge in [-0.15, -0.1) is 0 Å². The Morgan fingerprint density at radius 2 is 1.84 bits per heavy atom. The van der Waals surface area contributed by atoms with Crippen LogP contribution < -0.4 is 4.90 Å². The highest BCUT2D eigenvalue weighted by Crippen LogP contribution is 2.37. The molecule has 1 aliphatic heterocycles. The van der Waals surface area contributed by atoms with Crippen molar-refractivity contribution in [1.29, 1.82) is 0 Å². The van der Waals surface area contributed by atoms with Crippen LogP contribution in [0.5, 0.6) is 0 Å². The highest BCUT2D eigenvalue weighted by atomic mass is 19.1. The molecule has 1 unspecified atom stereocenters. The van der Waals surface area contributed by atoms with E-state index >= 15 is 0 Å². The number of hydrogen-bond donors (Lipinski definition) is 0. The van der Waals surface area contributed by atoms with Crippen molar-refractivity contribution in [1.82, 2.24) is 14.6 Å². The van der Waals surface area contributed by atoms with Crippen LogP contribution >= 0.6 is 0 Å². The number of aromatic nitrogens is 3. The van der Waals surface area contributed by atoms with E-state index in [-0.39, 0.29) is 28.8 Å². The number of benzene rings is 2. The lowest BCUT2D eigenvalue weighted by atomic mass is 10.0. The number of esters is 1. The van der Waals surface area contributed by atoms with Crippen LogP contribution in [0.1, 0.15) is 40.4 Å². The molecule has 0 radical (unpaired) electrons. The highest BCUT2D eigenvalue weighted by Gasteiger charge is 2.30. The predicted molar refractivity (Wildman–Crippen MR) is 130 cm³/mol.